The van der Waals surface area contributed by atoms with E-state index in [1.807, 2.05) is 0 Å². The Bertz CT molecular complexity index is 427. The van der Waals surface area contributed by atoms with Gasteiger partial charge in [0, 0.05) is 24.8 Å². The number of nitrogens with two attached hydrogens (primary N) is 1. The fourth-order valence-electron chi connectivity index (χ4n) is 2.42. The molecule has 1 aliphatic rings. The molecule has 6 heteroatoms. The lowest BCUT2D eigenvalue weighted by Gasteiger charge is -2.47. The highest BCUT2D eigenvalue weighted by Crippen LogP contribution is 2.52. The summed E-state index contributed by atoms with van der Waals surface area (Å²) in [5.41, 5.74) is 4.27. The van der Waals surface area contributed by atoms with E-state index in [9.17, 15) is 22.0 Å². The summed E-state index contributed by atoms with van der Waals surface area (Å²) in [7, 11) is 0. The molecule has 0 aromatic heterocycles. The van der Waals surface area contributed by atoms with E-state index < -0.39 is 35.9 Å². The fraction of sp³-hybridized carbons (Fsp3) is 0.500. The minimum absolute atomic E-state index is 0.00789. The molecule has 0 radical (unpaired) electrons. The molecule has 0 heterocycles. The molecular weight excluding hydrogens is 253 g/mol. The molecule has 2 rings (SSSR count). The SMILES string of the molecule is NCC1(c2ccc(C(F)(F)F)cc2)CC(F)(F)C1. The standard InChI is InChI=1S/C12H12F5N/c13-11(14)5-10(6-11,7-18)8-1-3-9(4-2-8)12(15,16)17/h1-4H,5-7,18H2. The monoisotopic (exact) mass is 265 g/mol. The van der Waals surface area contributed by atoms with Crippen LogP contribution in [0, 0.1) is 0 Å². The van der Waals surface area contributed by atoms with Crippen LogP contribution in [0.4, 0.5) is 22.0 Å². The maximum Gasteiger partial charge on any atom is 0.416 e. The Labute approximate surface area is 101 Å². The van der Waals surface area contributed by atoms with Crippen LogP contribution in [-0.2, 0) is 11.6 Å². The second-order valence-electron chi connectivity index (χ2n) is 4.77. The molecule has 1 aromatic rings. The van der Waals surface area contributed by atoms with Gasteiger partial charge in [-0.05, 0) is 17.7 Å². The van der Waals surface area contributed by atoms with E-state index in [2.05, 4.69) is 0 Å². The van der Waals surface area contributed by atoms with Gasteiger partial charge in [-0.15, -0.1) is 0 Å². The smallest absolute Gasteiger partial charge is 0.330 e. The van der Waals surface area contributed by atoms with Crippen molar-refractivity contribution >= 4 is 0 Å². The summed E-state index contributed by atoms with van der Waals surface area (Å²) in [4.78, 5) is 0. The molecular formula is C12H12F5N. The predicted molar refractivity (Wildman–Crippen MR) is 56.4 cm³/mol. The minimum Gasteiger partial charge on any atom is -0.330 e. The molecule has 0 aliphatic heterocycles. The molecule has 1 nitrogen and oxygen atoms in total. The first-order valence-electron chi connectivity index (χ1n) is 5.44. The van der Waals surface area contributed by atoms with Crippen molar-refractivity contribution in [2.24, 2.45) is 5.73 Å². The zero-order valence-electron chi connectivity index (χ0n) is 9.40. The first-order chi connectivity index (χ1) is 8.19. The van der Waals surface area contributed by atoms with Gasteiger partial charge in [0.05, 0.1) is 5.56 Å². The zero-order valence-corrected chi connectivity index (χ0v) is 9.40. The second kappa shape index (κ2) is 3.91. The normalized spacial score (nSPS) is 21.4. The van der Waals surface area contributed by atoms with Gasteiger partial charge in [-0.1, -0.05) is 12.1 Å². The number of hydrogen-bond acceptors (Lipinski definition) is 1. The Balaban J connectivity index is 2.25. The van der Waals surface area contributed by atoms with Crippen LogP contribution in [0.2, 0.25) is 0 Å². The molecule has 0 saturated heterocycles. The second-order valence-corrected chi connectivity index (χ2v) is 4.77. The van der Waals surface area contributed by atoms with Crippen LogP contribution in [0.15, 0.2) is 24.3 Å². The third kappa shape index (κ3) is 2.21. The van der Waals surface area contributed by atoms with Gasteiger partial charge in [-0.25, -0.2) is 8.78 Å². The lowest BCUT2D eigenvalue weighted by atomic mass is 9.62. The van der Waals surface area contributed by atoms with E-state index in [-0.39, 0.29) is 6.54 Å². The van der Waals surface area contributed by atoms with Crippen molar-refractivity contribution in [1.82, 2.24) is 0 Å². The van der Waals surface area contributed by atoms with Gasteiger partial charge in [0.1, 0.15) is 0 Å². The molecule has 0 atom stereocenters. The first-order valence-corrected chi connectivity index (χ1v) is 5.44. The van der Waals surface area contributed by atoms with E-state index in [0.29, 0.717) is 5.56 Å². The first kappa shape index (κ1) is 13.3. The summed E-state index contributed by atoms with van der Waals surface area (Å²) in [6.07, 6.45) is -5.22. The maximum absolute atomic E-state index is 12.9. The van der Waals surface area contributed by atoms with Crippen LogP contribution in [-0.4, -0.2) is 12.5 Å². The average Bonchev–Trinajstić information content (AvgIpc) is 2.24. The summed E-state index contributed by atoms with van der Waals surface area (Å²) in [5, 5.41) is 0. The number of halogens is 5. The van der Waals surface area contributed by atoms with Gasteiger partial charge in [0.25, 0.3) is 0 Å². The third-order valence-corrected chi connectivity index (χ3v) is 3.41. The van der Waals surface area contributed by atoms with Crippen molar-refractivity contribution < 1.29 is 22.0 Å². The van der Waals surface area contributed by atoms with Crippen molar-refractivity contribution in [3.05, 3.63) is 35.4 Å². The van der Waals surface area contributed by atoms with Crippen LogP contribution < -0.4 is 5.73 Å². The van der Waals surface area contributed by atoms with Gasteiger partial charge in [0.15, 0.2) is 0 Å². The van der Waals surface area contributed by atoms with E-state index in [1.165, 1.54) is 12.1 Å². The topological polar surface area (TPSA) is 26.0 Å². The minimum atomic E-state index is -4.42. The largest absolute Gasteiger partial charge is 0.416 e. The van der Waals surface area contributed by atoms with Crippen molar-refractivity contribution in [2.45, 2.75) is 30.4 Å². The maximum atomic E-state index is 12.9. The van der Waals surface area contributed by atoms with Crippen molar-refractivity contribution in [1.29, 1.82) is 0 Å². The molecule has 1 fully saturated rings. The number of rotatable bonds is 2. The Morgan fingerprint density at radius 3 is 1.89 bits per heavy atom. The number of alkyl halides is 5. The third-order valence-electron chi connectivity index (χ3n) is 3.41. The number of hydrogen-bond donors (Lipinski definition) is 1. The molecule has 2 N–H and O–H groups in total. The fourth-order valence-corrected chi connectivity index (χ4v) is 2.42. The molecule has 1 aliphatic carbocycles. The van der Waals surface area contributed by atoms with E-state index in [0.717, 1.165) is 12.1 Å². The summed E-state index contributed by atoms with van der Waals surface area (Å²) < 4.78 is 63.0. The predicted octanol–water partition coefficient (Wildman–Crippen LogP) is 3.33. The lowest BCUT2D eigenvalue weighted by Crippen LogP contribution is -2.53. The van der Waals surface area contributed by atoms with Crippen molar-refractivity contribution in [3.8, 4) is 0 Å². The Morgan fingerprint density at radius 2 is 1.56 bits per heavy atom. The quantitative estimate of drug-likeness (QED) is 0.815. The summed E-state index contributed by atoms with van der Waals surface area (Å²) in [6, 6.07) is 4.29. The highest BCUT2D eigenvalue weighted by molar-refractivity contribution is 5.34. The average molecular weight is 265 g/mol. The van der Waals surface area contributed by atoms with Gasteiger partial charge in [0.2, 0.25) is 5.92 Å². The van der Waals surface area contributed by atoms with Gasteiger partial charge in [-0.2, -0.15) is 13.2 Å². The van der Waals surface area contributed by atoms with Gasteiger partial charge >= 0.3 is 6.18 Å². The van der Waals surface area contributed by atoms with Crippen molar-refractivity contribution in [2.75, 3.05) is 6.54 Å². The molecule has 0 amide bonds. The van der Waals surface area contributed by atoms with E-state index in [4.69, 9.17) is 5.73 Å². The molecule has 0 unspecified atom stereocenters. The van der Waals surface area contributed by atoms with Gasteiger partial charge < -0.3 is 5.73 Å². The van der Waals surface area contributed by atoms with Gasteiger partial charge in [-0.3, -0.25) is 0 Å². The molecule has 1 saturated carbocycles. The summed E-state index contributed by atoms with van der Waals surface area (Å²) in [5.74, 6) is -2.76. The molecule has 0 bridgehead atoms. The number of benzene rings is 1. The Morgan fingerprint density at radius 1 is 1.06 bits per heavy atom. The zero-order chi connectivity index (χ0) is 13.6. The van der Waals surface area contributed by atoms with Crippen LogP contribution >= 0.6 is 0 Å². The van der Waals surface area contributed by atoms with E-state index >= 15 is 0 Å². The Hall–Kier alpha value is -1.17. The van der Waals surface area contributed by atoms with Crippen molar-refractivity contribution in [3.63, 3.8) is 0 Å². The summed E-state index contributed by atoms with van der Waals surface area (Å²) >= 11 is 0. The van der Waals surface area contributed by atoms with Crippen LogP contribution in [0.5, 0.6) is 0 Å². The van der Waals surface area contributed by atoms with Crippen LogP contribution in [0.25, 0.3) is 0 Å². The van der Waals surface area contributed by atoms with Crippen LogP contribution in [0.1, 0.15) is 24.0 Å². The molecule has 18 heavy (non-hydrogen) atoms. The Kier molecular flexibility index (Phi) is 2.88. The molecule has 0 spiro atoms. The highest BCUT2D eigenvalue weighted by atomic mass is 19.4. The lowest BCUT2D eigenvalue weighted by molar-refractivity contribution is -0.138. The molecule has 1 aromatic carbocycles. The highest BCUT2D eigenvalue weighted by Gasteiger charge is 2.56. The summed E-state index contributed by atoms with van der Waals surface area (Å²) in [6.45, 7) is 0.00789. The molecule has 100 valence electrons. The van der Waals surface area contributed by atoms with Crippen LogP contribution in [0.3, 0.4) is 0 Å². The van der Waals surface area contributed by atoms with E-state index in [1.54, 1.807) is 0 Å².